The largest absolute Gasteiger partial charge is 0.207 e. The Labute approximate surface area is 133 Å². The molecule has 0 aliphatic heterocycles. The molecule has 1 unspecified atom stereocenters. The lowest BCUT2D eigenvalue weighted by atomic mass is 9.94. The third-order valence-corrected chi connectivity index (χ3v) is 4.35. The molecular formula is C16H14Cl3F. The van der Waals surface area contributed by atoms with Crippen LogP contribution in [0.1, 0.15) is 11.1 Å². The van der Waals surface area contributed by atoms with E-state index in [0.29, 0.717) is 22.3 Å². The molecule has 0 amide bonds. The van der Waals surface area contributed by atoms with Crippen LogP contribution in [0.4, 0.5) is 4.39 Å². The molecule has 4 heteroatoms. The summed E-state index contributed by atoms with van der Waals surface area (Å²) in [6, 6.07) is 12.0. The molecule has 0 nitrogen and oxygen atoms in total. The van der Waals surface area contributed by atoms with Crippen molar-refractivity contribution in [1.29, 1.82) is 0 Å². The third kappa shape index (κ3) is 4.12. The molecule has 0 spiro atoms. The van der Waals surface area contributed by atoms with E-state index in [-0.39, 0.29) is 11.7 Å². The van der Waals surface area contributed by atoms with Gasteiger partial charge >= 0.3 is 0 Å². The third-order valence-electron chi connectivity index (χ3n) is 3.21. The minimum atomic E-state index is -0.231. The Morgan fingerprint density at radius 3 is 2.05 bits per heavy atom. The van der Waals surface area contributed by atoms with Crippen LogP contribution in [0.15, 0.2) is 42.5 Å². The molecule has 0 aliphatic carbocycles. The summed E-state index contributed by atoms with van der Waals surface area (Å²) in [6.07, 6.45) is 1.48. The van der Waals surface area contributed by atoms with E-state index >= 15 is 0 Å². The maximum atomic E-state index is 12.9. The summed E-state index contributed by atoms with van der Waals surface area (Å²) < 4.78 is 12.9. The van der Waals surface area contributed by atoms with E-state index in [0.717, 1.165) is 17.5 Å². The van der Waals surface area contributed by atoms with Crippen molar-refractivity contribution in [3.8, 4) is 0 Å². The van der Waals surface area contributed by atoms with E-state index in [1.807, 2.05) is 18.2 Å². The summed E-state index contributed by atoms with van der Waals surface area (Å²) in [5.74, 6) is 0.476. The van der Waals surface area contributed by atoms with E-state index in [1.165, 1.54) is 12.1 Å². The lowest BCUT2D eigenvalue weighted by Crippen LogP contribution is -2.11. The first-order valence-electron chi connectivity index (χ1n) is 6.33. The number of halogens is 4. The maximum absolute atomic E-state index is 12.9. The summed E-state index contributed by atoms with van der Waals surface area (Å²) in [4.78, 5) is 0. The first-order valence-corrected chi connectivity index (χ1v) is 7.62. The standard InChI is InChI=1S/C16H14Cl3F/c17-10-12(8-11-4-6-13(20)7-5-11)9-14-15(18)2-1-3-16(14)19/h1-7,12H,8-10H2. The molecule has 106 valence electrons. The Bertz CT molecular complexity index is 546. The molecule has 0 radical (unpaired) electrons. The predicted octanol–water partition coefficient (Wildman–Crippen LogP) is 5.77. The molecule has 1 atom stereocenters. The Morgan fingerprint density at radius 1 is 0.900 bits per heavy atom. The van der Waals surface area contributed by atoms with Crippen molar-refractivity contribution in [2.45, 2.75) is 12.8 Å². The Kier molecular flexibility index (Phi) is 5.71. The number of alkyl halides is 1. The van der Waals surface area contributed by atoms with E-state index in [1.54, 1.807) is 12.1 Å². The van der Waals surface area contributed by atoms with Crippen LogP contribution >= 0.6 is 34.8 Å². The Balaban J connectivity index is 2.11. The van der Waals surface area contributed by atoms with Gasteiger partial charge in [0.25, 0.3) is 0 Å². The van der Waals surface area contributed by atoms with Crippen LogP contribution in [0.2, 0.25) is 10.0 Å². The number of hydrogen-bond donors (Lipinski definition) is 0. The van der Waals surface area contributed by atoms with Gasteiger partial charge in [0, 0.05) is 15.9 Å². The second kappa shape index (κ2) is 7.31. The highest BCUT2D eigenvalue weighted by atomic mass is 35.5. The van der Waals surface area contributed by atoms with Crippen LogP contribution in [-0.2, 0) is 12.8 Å². The zero-order valence-electron chi connectivity index (χ0n) is 10.8. The van der Waals surface area contributed by atoms with Crippen LogP contribution in [0.25, 0.3) is 0 Å². The molecule has 0 bridgehead atoms. The lowest BCUT2D eigenvalue weighted by molar-refractivity contribution is 0.581. The maximum Gasteiger partial charge on any atom is 0.123 e. The van der Waals surface area contributed by atoms with E-state index in [4.69, 9.17) is 34.8 Å². The highest BCUT2D eigenvalue weighted by Crippen LogP contribution is 2.28. The van der Waals surface area contributed by atoms with Gasteiger partial charge in [0.05, 0.1) is 0 Å². The van der Waals surface area contributed by atoms with Gasteiger partial charge < -0.3 is 0 Å². The monoisotopic (exact) mass is 330 g/mol. The fourth-order valence-corrected chi connectivity index (χ4v) is 2.92. The molecule has 0 fully saturated rings. The minimum absolute atomic E-state index is 0.208. The van der Waals surface area contributed by atoms with Crippen LogP contribution in [0.5, 0.6) is 0 Å². The van der Waals surface area contributed by atoms with Crippen LogP contribution < -0.4 is 0 Å². The van der Waals surface area contributed by atoms with E-state index in [9.17, 15) is 4.39 Å². The predicted molar refractivity (Wildman–Crippen MR) is 84.5 cm³/mol. The van der Waals surface area contributed by atoms with Gasteiger partial charge in [-0.2, -0.15) is 0 Å². The Hall–Kier alpha value is -0.760. The number of hydrogen-bond acceptors (Lipinski definition) is 0. The summed E-state index contributed by atoms with van der Waals surface area (Å²) >= 11 is 18.4. The van der Waals surface area contributed by atoms with Crippen molar-refractivity contribution < 1.29 is 4.39 Å². The average molecular weight is 332 g/mol. The van der Waals surface area contributed by atoms with Crippen LogP contribution in [0.3, 0.4) is 0 Å². The molecule has 20 heavy (non-hydrogen) atoms. The van der Waals surface area contributed by atoms with Gasteiger partial charge in [-0.25, -0.2) is 4.39 Å². The summed E-state index contributed by atoms with van der Waals surface area (Å²) in [7, 11) is 0. The minimum Gasteiger partial charge on any atom is -0.207 e. The number of rotatable bonds is 5. The molecule has 0 heterocycles. The topological polar surface area (TPSA) is 0 Å². The summed E-state index contributed by atoms with van der Waals surface area (Å²) in [5.41, 5.74) is 1.98. The fourth-order valence-electron chi connectivity index (χ4n) is 2.15. The van der Waals surface area contributed by atoms with Crippen molar-refractivity contribution >= 4 is 34.8 Å². The van der Waals surface area contributed by atoms with E-state index < -0.39 is 0 Å². The molecule has 0 N–H and O–H groups in total. The van der Waals surface area contributed by atoms with Gasteiger partial charge in [0.2, 0.25) is 0 Å². The van der Waals surface area contributed by atoms with Crippen molar-refractivity contribution in [3.63, 3.8) is 0 Å². The summed E-state index contributed by atoms with van der Waals surface area (Å²) in [5, 5.41) is 1.32. The lowest BCUT2D eigenvalue weighted by Gasteiger charge is -2.16. The van der Waals surface area contributed by atoms with Crippen molar-refractivity contribution in [3.05, 3.63) is 69.5 Å². The molecule has 0 saturated carbocycles. The molecular weight excluding hydrogens is 318 g/mol. The molecule has 2 rings (SSSR count). The van der Waals surface area contributed by atoms with Gasteiger partial charge in [-0.3, -0.25) is 0 Å². The second-order valence-electron chi connectivity index (χ2n) is 4.76. The van der Waals surface area contributed by atoms with Gasteiger partial charge in [-0.05, 0) is 54.2 Å². The smallest absolute Gasteiger partial charge is 0.123 e. The normalized spacial score (nSPS) is 12.4. The molecule has 0 saturated heterocycles. The highest BCUT2D eigenvalue weighted by Gasteiger charge is 2.14. The van der Waals surface area contributed by atoms with Crippen LogP contribution in [0, 0.1) is 11.7 Å². The quantitative estimate of drug-likeness (QED) is 0.610. The van der Waals surface area contributed by atoms with Gasteiger partial charge in [-0.15, -0.1) is 11.6 Å². The highest BCUT2D eigenvalue weighted by molar-refractivity contribution is 6.36. The molecule has 2 aromatic carbocycles. The van der Waals surface area contributed by atoms with Crippen molar-refractivity contribution in [2.24, 2.45) is 5.92 Å². The first-order chi connectivity index (χ1) is 9.60. The van der Waals surface area contributed by atoms with Crippen molar-refractivity contribution in [2.75, 3.05) is 5.88 Å². The zero-order chi connectivity index (χ0) is 14.5. The van der Waals surface area contributed by atoms with Gasteiger partial charge in [0.15, 0.2) is 0 Å². The SMILES string of the molecule is Fc1ccc(CC(CCl)Cc2c(Cl)cccc2Cl)cc1. The second-order valence-corrected chi connectivity index (χ2v) is 5.88. The Morgan fingerprint density at radius 2 is 1.50 bits per heavy atom. The molecule has 0 aromatic heterocycles. The number of benzene rings is 2. The molecule has 0 aliphatic rings. The molecule has 2 aromatic rings. The average Bonchev–Trinajstić information content (AvgIpc) is 2.44. The fraction of sp³-hybridized carbons (Fsp3) is 0.250. The summed E-state index contributed by atoms with van der Waals surface area (Å²) in [6.45, 7) is 0. The van der Waals surface area contributed by atoms with Crippen LogP contribution in [-0.4, -0.2) is 5.88 Å². The van der Waals surface area contributed by atoms with Crippen molar-refractivity contribution in [1.82, 2.24) is 0 Å². The first kappa shape index (κ1) is 15.6. The zero-order valence-corrected chi connectivity index (χ0v) is 13.0. The van der Waals surface area contributed by atoms with Gasteiger partial charge in [0.1, 0.15) is 5.82 Å². The van der Waals surface area contributed by atoms with E-state index in [2.05, 4.69) is 0 Å². The van der Waals surface area contributed by atoms with Gasteiger partial charge in [-0.1, -0.05) is 41.4 Å².